The van der Waals surface area contributed by atoms with Gasteiger partial charge in [0.05, 0.1) is 10.7 Å². The molecule has 0 bridgehead atoms. The monoisotopic (exact) mass is 436 g/mol. The number of benzene rings is 2. The van der Waals surface area contributed by atoms with Crippen molar-refractivity contribution in [3.05, 3.63) is 46.4 Å². The van der Waals surface area contributed by atoms with E-state index in [0.717, 1.165) is 6.42 Å². The van der Waals surface area contributed by atoms with Crippen LogP contribution >= 0.6 is 23.2 Å². The van der Waals surface area contributed by atoms with Gasteiger partial charge in [0, 0.05) is 23.3 Å². The van der Waals surface area contributed by atoms with E-state index in [1.165, 1.54) is 0 Å². The zero-order chi connectivity index (χ0) is 21.1. The van der Waals surface area contributed by atoms with Gasteiger partial charge in [-0.2, -0.15) is 0 Å². The Bertz CT molecular complexity index is 935. The summed E-state index contributed by atoms with van der Waals surface area (Å²) < 4.78 is 11.4. The second-order valence-corrected chi connectivity index (χ2v) is 7.60. The van der Waals surface area contributed by atoms with Gasteiger partial charge in [-0.3, -0.25) is 9.59 Å². The average Bonchev–Trinajstić information content (AvgIpc) is 2.67. The summed E-state index contributed by atoms with van der Waals surface area (Å²) in [5.41, 5.74) is 1.24. The molecule has 8 heteroatoms. The molecule has 1 heterocycles. The highest BCUT2D eigenvalue weighted by Crippen LogP contribution is 2.36. The predicted molar refractivity (Wildman–Crippen MR) is 114 cm³/mol. The molecule has 0 aliphatic carbocycles. The maximum atomic E-state index is 12.5. The minimum atomic E-state index is -0.789. The molecule has 0 spiro atoms. The Labute approximate surface area is 179 Å². The maximum absolute atomic E-state index is 12.5. The van der Waals surface area contributed by atoms with Gasteiger partial charge in [0.15, 0.2) is 12.2 Å². The van der Waals surface area contributed by atoms with E-state index < -0.39 is 12.2 Å². The molecule has 1 aliphatic heterocycles. The van der Waals surface area contributed by atoms with Crippen molar-refractivity contribution in [1.29, 1.82) is 0 Å². The fraction of sp³-hybridized carbons (Fsp3) is 0.333. The van der Waals surface area contributed by atoms with Crippen molar-refractivity contribution in [2.75, 3.05) is 16.8 Å². The average molecular weight is 437 g/mol. The van der Waals surface area contributed by atoms with Crippen LogP contribution in [-0.4, -0.2) is 30.6 Å². The highest BCUT2D eigenvalue weighted by molar-refractivity contribution is 6.35. The Hall–Kier alpha value is -2.44. The number of ether oxygens (including phenoxy) is 2. The number of nitrogens with one attached hydrogen (secondary N) is 1. The smallest absolute Gasteiger partial charge is 0.267 e. The number of hydrogen-bond acceptors (Lipinski definition) is 4. The summed E-state index contributed by atoms with van der Waals surface area (Å²) >= 11 is 12.0. The van der Waals surface area contributed by atoms with Gasteiger partial charge in [0.25, 0.3) is 11.8 Å². The third-order valence-corrected chi connectivity index (χ3v) is 4.98. The molecule has 1 N–H and O–H groups in total. The molecular formula is C21H22Cl2N2O4. The van der Waals surface area contributed by atoms with Crippen LogP contribution in [0.3, 0.4) is 0 Å². The highest BCUT2D eigenvalue weighted by atomic mass is 35.5. The number of amides is 2. The first-order valence-electron chi connectivity index (χ1n) is 9.34. The summed E-state index contributed by atoms with van der Waals surface area (Å²) in [7, 11) is 0. The van der Waals surface area contributed by atoms with Crippen molar-refractivity contribution >= 4 is 46.4 Å². The first-order chi connectivity index (χ1) is 13.8. The molecule has 1 aliphatic rings. The fourth-order valence-electron chi connectivity index (χ4n) is 3.00. The topological polar surface area (TPSA) is 67.9 Å². The van der Waals surface area contributed by atoms with Gasteiger partial charge in [0.1, 0.15) is 11.5 Å². The third kappa shape index (κ3) is 4.77. The molecular weight excluding hydrogens is 415 g/mol. The molecule has 2 aromatic carbocycles. The molecule has 0 aromatic heterocycles. The normalized spacial score (nSPS) is 16.7. The van der Waals surface area contributed by atoms with E-state index in [0.29, 0.717) is 39.5 Å². The van der Waals surface area contributed by atoms with Gasteiger partial charge in [-0.1, -0.05) is 30.1 Å². The molecule has 0 saturated heterocycles. The molecule has 6 nitrogen and oxygen atoms in total. The lowest BCUT2D eigenvalue weighted by molar-refractivity contribution is -0.125. The number of fused-ring (bicyclic) bond motifs is 1. The van der Waals surface area contributed by atoms with Crippen molar-refractivity contribution in [3.8, 4) is 11.5 Å². The Morgan fingerprint density at radius 3 is 2.72 bits per heavy atom. The summed E-state index contributed by atoms with van der Waals surface area (Å²) in [6, 6.07) is 10.0. The molecule has 0 radical (unpaired) electrons. The first-order valence-corrected chi connectivity index (χ1v) is 10.1. The number of carbonyl (C=O) groups is 2. The lowest BCUT2D eigenvalue weighted by atomic mass is 10.1. The molecule has 2 amide bonds. The molecule has 2 atom stereocenters. The summed E-state index contributed by atoms with van der Waals surface area (Å²) in [5, 5.41) is 3.61. The lowest BCUT2D eigenvalue weighted by Crippen LogP contribution is -2.44. The van der Waals surface area contributed by atoms with Gasteiger partial charge in [-0.05, 0) is 50.6 Å². The Morgan fingerprint density at radius 1 is 1.28 bits per heavy atom. The fourth-order valence-corrected chi connectivity index (χ4v) is 3.45. The number of nitrogens with zero attached hydrogens (tertiary/aromatic N) is 1. The number of carbonyl (C=O) groups excluding carboxylic acids is 2. The largest absolute Gasteiger partial charge is 0.479 e. The Balaban J connectivity index is 1.72. The van der Waals surface area contributed by atoms with Crippen LogP contribution in [0.4, 0.5) is 11.4 Å². The van der Waals surface area contributed by atoms with Crippen LogP contribution in [-0.2, 0) is 9.59 Å². The number of hydrogen-bond donors (Lipinski definition) is 1. The zero-order valence-electron chi connectivity index (χ0n) is 16.4. The van der Waals surface area contributed by atoms with E-state index in [1.807, 2.05) is 6.92 Å². The molecule has 2 unspecified atom stereocenters. The second-order valence-electron chi connectivity index (χ2n) is 6.76. The van der Waals surface area contributed by atoms with E-state index in [1.54, 1.807) is 55.1 Å². The van der Waals surface area contributed by atoms with Crippen LogP contribution in [0.15, 0.2) is 36.4 Å². The maximum Gasteiger partial charge on any atom is 0.267 e. The minimum Gasteiger partial charge on any atom is -0.479 e. The standard InChI is InChI=1S/C21H22Cl2N2O4/c1-4-9-25-17-7-6-15(11-19(17)29-13(3)21(25)27)24-20(26)12(2)28-18-8-5-14(22)10-16(18)23/h5-8,10-13H,4,9H2,1-3H3,(H,24,26). The quantitative estimate of drug-likeness (QED) is 0.697. The van der Waals surface area contributed by atoms with Crippen molar-refractivity contribution in [1.82, 2.24) is 0 Å². The van der Waals surface area contributed by atoms with Gasteiger partial charge in [-0.25, -0.2) is 0 Å². The summed E-state index contributed by atoms with van der Waals surface area (Å²) in [6.45, 7) is 5.96. The predicted octanol–water partition coefficient (Wildman–Crippen LogP) is 4.92. The summed E-state index contributed by atoms with van der Waals surface area (Å²) in [6.07, 6.45) is -0.532. The van der Waals surface area contributed by atoms with Crippen LogP contribution in [0.5, 0.6) is 11.5 Å². The number of halogens is 2. The van der Waals surface area contributed by atoms with E-state index in [4.69, 9.17) is 32.7 Å². The molecule has 29 heavy (non-hydrogen) atoms. The third-order valence-electron chi connectivity index (χ3n) is 4.45. The highest BCUT2D eigenvalue weighted by Gasteiger charge is 2.31. The van der Waals surface area contributed by atoms with E-state index in [9.17, 15) is 9.59 Å². The lowest BCUT2D eigenvalue weighted by Gasteiger charge is -2.33. The van der Waals surface area contributed by atoms with Crippen molar-refractivity contribution in [3.63, 3.8) is 0 Å². The van der Waals surface area contributed by atoms with Crippen LogP contribution in [0.1, 0.15) is 27.2 Å². The Morgan fingerprint density at radius 2 is 2.03 bits per heavy atom. The molecule has 154 valence electrons. The van der Waals surface area contributed by atoms with Gasteiger partial charge in [0.2, 0.25) is 0 Å². The molecule has 0 saturated carbocycles. The molecule has 3 rings (SSSR count). The number of anilines is 2. The van der Waals surface area contributed by atoms with Crippen LogP contribution in [0.25, 0.3) is 0 Å². The van der Waals surface area contributed by atoms with E-state index >= 15 is 0 Å². The first kappa shape index (κ1) is 21.3. The van der Waals surface area contributed by atoms with Gasteiger partial charge < -0.3 is 19.7 Å². The van der Waals surface area contributed by atoms with E-state index in [-0.39, 0.29) is 11.8 Å². The Kier molecular flexibility index (Phi) is 6.55. The van der Waals surface area contributed by atoms with Gasteiger partial charge in [-0.15, -0.1) is 0 Å². The second kappa shape index (κ2) is 8.93. The van der Waals surface area contributed by atoms with Crippen LogP contribution in [0.2, 0.25) is 10.0 Å². The SMILES string of the molecule is CCCN1C(=O)C(C)Oc2cc(NC(=O)C(C)Oc3ccc(Cl)cc3Cl)ccc21. The molecule has 2 aromatic rings. The zero-order valence-corrected chi connectivity index (χ0v) is 17.9. The van der Waals surface area contributed by atoms with Gasteiger partial charge >= 0.3 is 0 Å². The van der Waals surface area contributed by atoms with Crippen LogP contribution < -0.4 is 19.7 Å². The summed E-state index contributed by atoms with van der Waals surface area (Å²) in [4.78, 5) is 26.6. The van der Waals surface area contributed by atoms with Crippen LogP contribution in [0, 0.1) is 0 Å². The van der Waals surface area contributed by atoms with Crippen molar-refractivity contribution in [2.24, 2.45) is 0 Å². The van der Waals surface area contributed by atoms with E-state index in [2.05, 4.69) is 5.32 Å². The van der Waals surface area contributed by atoms with Crippen molar-refractivity contribution in [2.45, 2.75) is 39.4 Å². The minimum absolute atomic E-state index is 0.0713. The summed E-state index contributed by atoms with van der Waals surface area (Å²) in [5.74, 6) is 0.506. The number of rotatable bonds is 6. The van der Waals surface area contributed by atoms with Crippen molar-refractivity contribution < 1.29 is 19.1 Å². The molecule has 0 fully saturated rings.